The van der Waals surface area contributed by atoms with Crippen molar-refractivity contribution in [3.8, 4) is 34.3 Å². The third-order valence-electron chi connectivity index (χ3n) is 8.34. The number of phenols is 1. The molecule has 0 aliphatic carbocycles. The quantitative estimate of drug-likeness (QED) is 0.262. The van der Waals surface area contributed by atoms with E-state index >= 15 is 0 Å². The predicted molar refractivity (Wildman–Crippen MR) is 168 cm³/mol. The van der Waals surface area contributed by atoms with Crippen molar-refractivity contribution in [3.63, 3.8) is 0 Å². The molecule has 13 heteroatoms. The Hall–Kier alpha value is -5.14. The SMILES string of the molecule is CC(c1cc2ccccn2c1-c1ccc(OCCN2CCN(C)CC2)nn1)n1nc(-c2cc(O)cc(F)c2)c2c(N)ncnc21. The summed E-state index contributed by atoms with van der Waals surface area (Å²) in [5, 5.41) is 24.4. The van der Waals surface area contributed by atoms with Crippen LogP contribution < -0.4 is 10.5 Å². The molecule has 0 bridgehead atoms. The molecule has 230 valence electrons. The van der Waals surface area contributed by atoms with Gasteiger partial charge in [-0.1, -0.05) is 6.07 Å². The molecular formula is C32H33FN10O2. The number of hydrogen-bond donors (Lipinski definition) is 2. The summed E-state index contributed by atoms with van der Waals surface area (Å²) in [6.45, 7) is 7.56. The van der Waals surface area contributed by atoms with E-state index in [0.717, 1.165) is 55.6 Å². The molecule has 0 radical (unpaired) electrons. The highest BCUT2D eigenvalue weighted by molar-refractivity contribution is 5.98. The van der Waals surface area contributed by atoms with E-state index in [1.165, 1.54) is 18.5 Å². The topological polar surface area (TPSA) is 136 Å². The number of nitrogens with zero attached hydrogens (tertiary/aromatic N) is 9. The van der Waals surface area contributed by atoms with Crippen molar-refractivity contribution in [1.29, 1.82) is 0 Å². The molecule has 0 amide bonds. The molecule has 7 rings (SSSR count). The Balaban J connectivity index is 1.23. The summed E-state index contributed by atoms with van der Waals surface area (Å²) in [5.41, 5.74) is 10.9. The summed E-state index contributed by atoms with van der Waals surface area (Å²) in [7, 11) is 2.14. The first-order valence-corrected chi connectivity index (χ1v) is 14.8. The van der Waals surface area contributed by atoms with E-state index in [4.69, 9.17) is 15.6 Å². The highest BCUT2D eigenvalue weighted by Crippen LogP contribution is 2.38. The van der Waals surface area contributed by atoms with Gasteiger partial charge in [0.1, 0.15) is 41.7 Å². The van der Waals surface area contributed by atoms with Crippen LogP contribution in [0.1, 0.15) is 18.5 Å². The minimum atomic E-state index is -0.595. The fourth-order valence-electron chi connectivity index (χ4n) is 5.92. The minimum absolute atomic E-state index is 0.202. The van der Waals surface area contributed by atoms with Gasteiger partial charge in [-0.15, -0.1) is 10.2 Å². The number of fused-ring (bicyclic) bond motifs is 2. The van der Waals surface area contributed by atoms with E-state index in [0.29, 0.717) is 40.5 Å². The first-order valence-electron chi connectivity index (χ1n) is 14.8. The van der Waals surface area contributed by atoms with Gasteiger partial charge in [0.25, 0.3) is 0 Å². The molecule has 5 aromatic heterocycles. The fourth-order valence-corrected chi connectivity index (χ4v) is 5.92. The molecule has 6 heterocycles. The summed E-state index contributed by atoms with van der Waals surface area (Å²) in [6, 6.07) is 15.2. The smallest absolute Gasteiger partial charge is 0.233 e. The van der Waals surface area contributed by atoms with Crippen LogP contribution >= 0.6 is 0 Å². The van der Waals surface area contributed by atoms with Crippen molar-refractivity contribution in [2.24, 2.45) is 0 Å². The maximum Gasteiger partial charge on any atom is 0.233 e. The van der Waals surface area contributed by atoms with Gasteiger partial charge < -0.3 is 24.9 Å². The standard InChI is InChI=1S/C32H33FN10O2/c1-20(43-32-28(31(34)35-19-36-32)29(39-43)21-15-22(33)17-24(44)16-21)25-18-23-5-3-4-8-42(23)30(25)26-6-7-27(38-37-26)45-14-13-41-11-9-40(2)10-12-41/h3-8,15-20,44H,9-14H2,1-2H3,(H2,34,35,36). The second-order valence-electron chi connectivity index (χ2n) is 11.3. The number of phenolic OH excluding ortho intramolecular Hbond substituents is 1. The zero-order chi connectivity index (χ0) is 31.1. The van der Waals surface area contributed by atoms with Gasteiger partial charge in [0.2, 0.25) is 5.88 Å². The van der Waals surface area contributed by atoms with Crippen LogP contribution in [0.2, 0.25) is 0 Å². The van der Waals surface area contributed by atoms with Crippen LogP contribution in [0.25, 0.3) is 39.2 Å². The molecule has 1 aromatic carbocycles. The molecule has 1 fully saturated rings. The Morgan fingerprint density at radius 3 is 2.64 bits per heavy atom. The number of hydrogen-bond acceptors (Lipinski definition) is 10. The zero-order valence-corrected chi connectivity index (χ0v) is 25.0. The summed E-state index contributed by atoms with van der Waals surface area (Å²) in [6.07, 6.45) is 3.35. The Bertz CT molecular complexity index is 1960. The summed E-state index contributed by atoms with van der Waals surface area (Å²) in [4.78, 5) is 13.4. The van der Waals surface area contributed by atoms with Crippen molar-refractivity contribution in [2.45, 2.75) is 13.0 Å². The Morgan fingerprint density at radius 2 is 1.87 bits per heavy atom. The van der Waals surface area contributed by atoms with Crippen molar-refractivity contribution < 1.29 is 14.2 Å². The molecule has 3 N–H and O–H groups in total. The number of ether oxygens (including phenoxy) is 1. The van der Waals surface area contributed by atoms with Crippen molar-refractivity contribution in [2.75, 3.05) is 52.1 Å². The van der Waals surface area contributed by atoms with E-state index < -0.39 is 5.82 Å². The molecule has 1 atom stereocenters. The van der Waals surface area contributed by atoms with E-state index in [1.54, 1.807) is 4.68 Å². The van der Waals surface area contributed by atoms with Crippen molar-refractivity contribution in [1.82, 2.24) is 44.1 Å². The van der Waals surface area contributed by atoms with Crippen LogP contribution in [0.5, 0.6) is 11.6 Å². The number of piperazine rings is 1. The van der Waals surface area contributed by atoms with Crippen LogP contribution in [-0.2, 0) is 0 Å². The summed E-state index contributed by atoms with van der Waals surface area (Å²) < 4.78 is 24.1. The predicted octanol–water partition coefficient (Wildman–Crippen LogP) is 3.87. The molecule has 1 unspecified atom stereocenters. The number of rotatable bonds is 8. The maximum absolute atomic E-state index is 14.3. The van der Waals surface area contributed by atoms with Crippen LogP contribution in [0.15, 0.2) is 67.1 Å². The van der Waals surface area contributed by atoms with E-state index in [2.05, 4.69) is 47.5 Å². The monoisotopic (exact) mass is 608 g/mol. The molecule has 0 saturated carbocycles. The summed E-state index contributed by atoms with van der Waals surface area (Å²) in [5.74, 6) is -0.143. The van der Waals surface area contributed by atoms with Gasteiger partial charge in [-0.25, -0.2) is 19.0 Å². The lowest BCUT2D eigenvalue weighted by Crippen LogP contribution is -2.45. The number of nitrogen functional groups attached to an aromatic ring is 1. The van der Waals surface area contributed by atoms with E-state index in [9.17, 15) is 9.50 Å². The molecule has 6 aromatic rings. The van der Waals surface area contributed by atoms with Gasteiger partial charge in [0, 0.05) is 67.7 Å². The first kappa shape index (κ1) is 28.6. The molecule has 12 nitrogen and oxygen atoms in total. The second kappa shape index (κ2) is 11.7. The largest absolute Gasteiger partial charge is 0.508 e. The second-order valence-corrected chi connectivity index (χ2v) is 11.3. The number of pyridine rings is 1. The zero-order valence-electron chi connectivity index (χ0n) is 25.0. The number of benzene rings is 1. The molecule has 45 heavy (non-hydrogen) atoms. The Labute approximate surface area is 258 Å². The first-order chi connectivity index (χ1) is 21.9. The highest BCUT2D eigenvalue weighted by Gasteiger charge is 2.26. The molecule has 0 spiro atoms. The molecule has 1 aliphatic heterocycles. The van der Waals surface area contributed by atoms with Gasteiger partial charge in [0.15, 0.2) is 5.65 Å². The van der Waals surface area contributed by atoms with Crippen LogP contribution in [-0.4, -0.2) is 95.6 Å². The third kappa shape index (κ3) is 5.51. The number of anilines is 1. The normalized spacial score (nSPS) is 15.2. The van der Waals surface area contributed by atoms with Crippen LogP contribution in [0, 0.1) is 5.82 Å². The minimum Gasteiger partial charge on any atom is -0.508 e. The molecule has 1 aliphatic rings. The Kier molecular flexibility index (Phi) is 7.47. The number of nitrogens with two attached hydrogens (primary N) is 1. The van der Waals surface area contributed by atoms with Crippen LogP contribution in [0.3, 0.4) is 0 Å². The third-order valence-corrected chi connectivity index (χ3v) is 8.34. The number of aromatic hydroxyl groups is 1. The van der Waals surface area contributed by atoms with Gasteiger partial charge in [-0.05, 0) is 50.4 Å². The van der Waals surface area contributed by atoms with Gasteiger partial charge in [-0.3, -0.25) is 4.90 Å². The Morgan fingerprint density at radius 1 is 1.02 bits per heavy atom. The van der Waals surface area contributed by atoms with Crippen LogP contribution in [0.4, 0.5) is 10.2 Å². The summed E-state index contributed by atoms with van der Waals surface area (Å²) >= 11 is 0. The van der Waals surface area contributed by atoms with Gasteiger partial charge in [0.05, 0.1) is 17.1 Å². The average Bonchev–Trinajstić information content (AvgIpc) is 3.62. The van der Waals surface area contributed by atoms with Crippen molar-refractivity contribution >= 4 is 22.4 Å². The van der Waals surface area contributed by atoms with E-state index in [1.807, 2.05) is 43.5 Å². The molecular weight excluding hydrogens is 575 g/mol. The number of halogens is 1. The maximum atomic E-state index is 14.3. The lowest BCUT2D eigenvalue weighted by molar-refractivity contribution is 0.132. The fraction of sp³-hybridized carbons (Fsp3) is 0.281. The van der Waals surface area contributed by atoms with Gasteiger partial charge in [-0.2, -0.15) is 5.10 Å². The molecule has 1 saturated heterocycles. The van der Waals surface area contributed by atoms with Crippen molar-refractivity contribution in [3.05, 3.63) is 78.5 Å². The lowest BCUT2D eigenvalue weighted by Gasteiger charge is -2.32. The number of aromatic nitrogens is 7. The lowest BCUT2D eigenvalue weighted by atomic mass is 10.1. The average molecular weight is 609 g/mol. The van der Waals surface area contributed by atoms with Gasteiger partial charge >= 0.3 is 0 Å². The highest BCUT2D eigenvalue weighted by atomic mass is 19.1. The van der Waals surface area contributed by atoms with E-state index in [-0.39, 0.29) is 17.6 Å². The number of likely N-dealkylation sites (N-methyl/N-ethyl adjacent to an activating group) is 1.